The molecule has 37 heavy (non-hydrogen) atoms. The molecule has 1 nitrogen and oxygen atoms in total. The Morgan fingerprint density at radius 3 is 1.97 bits per heavy atom. The van der Waals surface area contributed by atoms with Crippen molar-refractivity contribution in [1.82, 2.24) is 4.98 Å². The third kappa shape index (κ3) is 3.61. The first-order valence-corrected chi connectivity index (χ1v) is 12.7. The molecule has 5 rings (SSSR count). The standard InChI is InChI=1S/C28H17Br2F6N/c1-3-4-7-14(2)15-10-16-17-11-20(23-8-5-6-9-37-23)22(30)13-19(17)25-24(18(16)12-21(15)29)26(31,32)28(35,36)27(25,33)34/h3-13H,1-2H3/b4-3-,14-7+. The molecule has 9 heteroatoms. The molecule has 0 N–H and O–H groups in total. The Hall–Kier alpha value is -2.65. The van der Waals surface area contributed by atoms with Gasteiger partial charge in [-0.25, -0.2) is 0 Å². The highest BCUT2D eigenvalue weighted by Crippen LogP contribution is 2.66. The largest absolute Gasteiger partial charge is 0.380 e. The van der Waals surface area contributed by atoms with Crippen molar-refractivity contribution in [3.63, 3.8) is 0 Å². The monoisotopic (exact) mass is 639 g/mol. The van der Waals surface area contributed by atoms with E-state index < -0.39 is 28.9 Å². The highest BCUT2D eigenvalue weighted by Gasteiger charge is 2.80. The number of benzene rings is 3. The van der Waals surface area contributed by atoms with E-state index in [1.54, 1.807) is 49.5 Å². The number of aromatic nitrogens is 1. The summed E-state index contributed by atoms with van der Waals surface area (Å²) in [6, 6.07) is 10.7. The first-order chi connectivity index (χ1) is 17.3. The lowest BCUT2D eigenvalue weighted by Gasteiger charge is -2.23. The summed E-state index contributed by atoms with van der Waals surface area (Å²) in [6.07, 6.45) is 6.95. The van der Waals surface area contributed by atoms with Gasteiger partial charge in [0, 0.05) is 31.8 Å². The molecule has 3 aromatic carbocycles. The number of alkyl halides is 6. The van der Waals surface area contributed by atoms with Gasteiger partial charge in [0.2, 0.25) is 0 Å². The Balaban J connectivity index is 2.02. The molecule has 0 amide bonds. The van der Waals surface area contributed by atoms with Crippen LogP contribution in [0.25, 0.3) is 38.4 Å². The van der Waals surface area contributed by atoms with Crippen LogP contribution in [0, 0.1) is 0 Å². The van der Waals surface area contributed by atoms with E-state index in [-0.39, 0.29) is 26.0 Å². The van der Waals surface area contributed by atoms with Crippen LogP contribution < -0.4 is 0 Å². The quantitative estimate of drug-likeness (QED) is 0.123. The van der Waals surface area contributed by atoms with Gasteiger partial charge in [-0.05, 0) is 82.9 Å². The highest BCUT2D eigenvalue weighted by molar-refractivity contribution is 9.10. The smallest absolute Gasteiger partial charge is 0.256 e. The summed E-state index contributed by atoms with van der Waals surface area (Å²) >= 11 is 6.65. The maximum Gasteiger partial charge on any atom is 0.380 e. The van der Waals surface area contributed by atoms with E-state index in [0.29, 0.717) is 21.3 Å². The van der Waals surface area contributed by atoms with Gasteiger partial charge in [0.25, 0.3) is 0 Å². The molecular formula is C28H17Br2F6N. The summed E-state index contributed by atoms with van der Waals surface area (Å²) in [5.74, 6) is -15.8. The minimum Gasteiger partial charge on any atom is -0.256 e. The molecular weight excluding hydrogens is 624 g/mol. The number of nitrogens with zero attached hydrogens (tertiary/aromatic N) is 1. The third-order valence-corrected chi connectivity index (χ3v) is 7.93. The van der Waals surface area contributed by atoms with Crippen LogP contribution >= 0.6 is 31.9 Å². The van der Waals surface area contributed by atoms with Crippen LogP contribution in [-0.4, -0.2) is 10.9 Å². The summed E-state index contributed by atoms with van der Waals surface area (Å²) in [7, 11) is 0. The topological polar surface area (TPSA) is 12.9 Å². The predicted octanol–water partition coefficient (Wildman–Crippen LogP) is 10.4. The Kier molecular flexibility index (Phi) is 6.11. The second-order valence-corrected chi connectivity index (χ2v) is 10.5. The molecule has 0 fully saturated rings. The lowest BCUT2D eigenvalue weighted by molar-refractivity contribution is -0.301. The zero-order chi connectivity index (χ0) is 26.9. The number of fused-ring (bicyclic) bond motifs is 6. The number of rotatable bonds is 3. The number of hydrogen-bond donors (Lipinski definition) is 0. The summed E-state index contributed by atoms with van der Waals surface area (Å²) in [5.41, 5.74) is -0.364. The second-order valence-electron chi connectivity index (χ2n) is 8.82. The normalized spacial score (nSPS) is 18.2. The molecule has 0 radical (unpaired) electrons. The fraction of sp³-hybridized carbons (Fsp3) is 0.179. The average molecular weight is 641 g/mol. The molecule has 4 aromatic rings. The molecule has 0 spiro atoms. The SMILES string of the molecule is C/C=C\C=C(/C)c1cc2c(cc1Br)c1c(c3cc(Br)c(-c4ccccn4)cc32)C(F)(F)C(F)(F)C1(F)F. The van der Waals surface area contributed by atoms with Crippen molar-refractivity contribution < 1.29 is 26.3 Å². The van der Waals surface area contributed by atoms with Gasteiger partial charge in [-0.15, -0.1) is 0 Å². The number of allylic oxidation sites excluding steroid dienone is 4. The van der Waals surface area contributed by atoms with Crippen LogP contribution in [0.15, 0.2) is 75.8 Å². The minimum atomic E-state index is -5.61. The van der Waals surface area contributed by atoms with Gasteiger partial charge in [0.15, 0.2) is 0 Å². The van der Waals surface area contributed by atoms with Crippen LogP contribution in [0.4, 0.5) is 26.3 Å². The van der Waals surface area contributed by atoms with E-state index in [1.165, 1.54) is 18.2 Å². The van der Waals surface area contributed by atoms with Gasteiger partial charge in [-0.3, -0.25) is 4.98 Å². The fourth-order valence-corrected chi connectivity index (χ4v) is 5.99. The number of pyridine rings is 1. The Labute approximate surface area is 225 Å². The summed E-state index contributed by atoms with van der Waals surface area (Å²) in [4.78, 5) is 4.30. The highest BCUT2D eigenvalue weighted by atomic mass is 79.9. The number of hydrogen-bond acceptors (Lipinski definition) is 1. The van der Waals surface area contributed by atoms with Crippen LogP contribution in [0.3, 0.4) is 0 Å². The maximum absolute atomic E-state index is 15.2. The van der Waals surface area contributed by atoms with Gasteiger partial charge < -0.3 is 0 Å². The zero-order valence-corrected chi connectivity index (χ0v) is 22.5. The molecule has 190 valence electrons. The first-order valence-electron chi connectivity index (χ1n) is 11.1. The molecule has 1 aromatic heterocycles. The van der Waals surface area contributed by atoms with Crippen LogP contribution in [0.2, 0.25) is 0 Å². The zero-order valence-electron chi connectivity index (χ0n) is 19.3. The van der Waals surface area contributed by atoms with Crippen LogP contribution in [0.5, 0.6) is 0 Å². The molecule has 0 bridgehead atoms. The van der Waals surface area contributed by atoms with E-state index in [1.807, 2.05) is 13.0 Å². The van der Waals surface area contributed by atoms with Crippen molar-refractivity contribution in [3.05, 3.63) is 92.5 Å². The molecule has 0 saturated heterocycles. The molecule has 0 saturated carbocycles. The molecule has 1 aliphatic rings. The Morgan fingerprint density at radius 2 is 1.41 bits per heavy atom. The molecule has 0 aliphatic heterocycles. The Bertz CT molecular complexity index is 1640. The van der Waals surface area contributed by atoms with Crippen LogP contribution in [-0.2, 0) is 11.8 Å². The van der Waals surface area contributed by atoms with E-state index in [9.17, 15) is 8.78 Å². The van der Waals surface area contributed by atoms with Crippen molar-refractivity contribution in [3.8, 4) is 11.3 Å². The summed E-state index contributed by atoms with van der Waals surface area (Å²) in [5, 5.41) is -0.455. The second kappa shape index (κ2) is 8.70. The summed E-state index contributed by atoms with van der Waals surface area (Å²) in [6.45, 7) is 3.63. The van der Waals surface area contributed by atoms with E-state index in [2.05, 4.69) is 36.8 Å². The molecule has 0 atom stereocenters. The van der Waals surface area contributed by atoms with Crippen molar-refractivity contribution in [2.45, 2.75) is 31.6 Å². The lowest BCUT2D eigenvalue weighted by Crippen LogP contribution is -2.43. The van der Waals surface area contributed by atoms with Gasteiger partial charge in [0.1, 0.15) is 0 Å². The van der Waals surface area contributed by atoms with Crippen molar-refractivity contribution >= 4 is 59.0 Å². The van der Waals surface area contributed by atoms with E-state index in [0.717, 1.165) is 5.57 Å². The Morgan fingerprint density at radius 1 is 0.811 bits per heavy atom. The van der Waals surface area contributed by atoms with E-state index >= 15 is 17.6 Å². The predicted molar refractivity (Wildman–Crippen MR) is 141 cm³/mol. The fourth-order valence-electron chi connectivity index (χ4n) is 4.79. The first kappa shape index (κ1) is 26.0. The van der Waals surface area contributed by atoms with Crippen molar-refractivity contribution in [1.29, 1.82) is 0 Å². The molecule has 1 heterocycles. The number of halogens is 8. The third-order valence-electron chi connectivity index (χ3n) is 6.61. The summed E-state index contributed by atoms with van der Waals surface area (Å²) < 4.78 is 90.7. The molecule has 0 unspecified atom stereocenters. The van der Waals surface area contributed by atoms with Gasteiger partial charge >= 0.3 is 17.8 Å². The maximum atomic E-state index is 15.2. The van der Waals surface area contributed by atoms with E-state index in [4.69, 9.17) is 0 Å². The van der Waals surface area contributed by atoms with Gasteiger partial charge in [0.05, 0.1) is 5.69 Å². The van der Waals surface area contributed by atoms with Gasteiger partial charge in [-0.1, -0.05) is 56.2 Å². The minimum absolute atomic E-state index is 0.137. The average Bonchev–Trinajstić information content (AvgIpc) is 2.96. The van der Waals surface area contributed by atoms with Gasteiger partial charge in [-0.2, -0.15) is 26.3 Å². The van der Waals surface area contributed by atoms with Crippen molar-refractivity contribution in [2.24, 2.45) is 0 Å². The van der Waals surface area contributed by atoms with Crippen molar-refractivity contribution in [2.75, 3.05) is 0 Å². The lowest BCUT2D eigenvalue weighted by atomic mass is 9.88. The van der Waals surface area contributed by atoms with Crippen LogP contribution in [0.1, 0.15) is 30.5 Å². The molecule has 1 aliphatic carbocycles.